The van der Waals surface area contributed by atoms with E-state index < -0.39 is 17.8 Å². The number of carbonyl (C=O) groups excluding carboxylic acids is 1. The summed E-state index contributed by atoms with van der Waals surface area (Å²) in [4.78, 5) is 11.9. The molecule has 0 aliphatic carbocycles. The predicted molar refractivity (Wildman–Crippen MR) is 61.5 cm³/mol. The number of benzene rings is 1. The molecule has 0 bridgehead atoms. The molecule has 0 aliphatic heterocycles. The molecule has 0 saturated heterocycles. The summed E-state index contributed by atoms with van der Waals surface area (Å²) in [5.41, 5.74) is 0.0620. The summed E-state index contributed by atoms with van der Waals surface area (Å²) in [7, 11) is 0. The molecule has 18 heavy (non-hydrogen) atoms. The number of rotatable bonds is 3. The fourth-order valence-corrected chi connectivity index (χ4v) is 1.58. The normalized spacial score (nSPS) is 12.2. The van der Waals surface area contributed by atoms with Crippen molar-refractivity contribution in [3.05, 3.63) is 40.4 Å². The second-order valence-electron chi connectivity index (χ2n) is 3.57. The van der Waals surface area contributed by atoms with E-state index in [2.05, 4.69) is 25.9 Å². The van der Waals surface area contributed by atoms with Crippen molar-refractivity contribution in [3.8, 4) is 0 Å². The molecule has 1 heterocycles. The van der Waals surface area contributed by atoms with Crippen molar-refractivity contribution < 1.29 is 9.18 Å². The van der Waals surface area contributed by atoms with Gasteiger partial charge in [-0.2, -0.15) is 5.21 Å². The van der Waals surface area contributed by atoms with E-state index in [1.54, 1.807) is 6.92 Å². The zero-order chi connectivity index (χ0) is 13.1. The van der Waals surface area contributed by atoms with Crippen molar-refractivity contribution in [2.75, 3.05) is 0 Å². The van der Waals surface area contributed by atoms with Crippen molar-refractivity contribution >= 4 is 17.5 Å². The van der Waals surface area contributed by atoms with E-state index in [4.69, 9.17) is 11.6 Å². The largest absolute Gasteiger partial charge is 0.342 e. The molecule has 1 aromatic heterocycles. The third-order valence-corrected chi connectivity index (χ3v) is 2.68. The molecular formula is C10H9ClFN5O. The number of nitrogens with one attached hydrogen (secondary N) is 2. The summed E-state index contributed by atoms with van der Waals surface area (Å²) in [6, 6.07) is 3.57. The SMILES string of the molecule is CC(NC(=O)c1cccc(F)c1Cl)c1nn[nH]n1. The van der Waals surface area contributed by atoms with Crippen LogP contribution in [-0.2, 0) is 0 Å². The highest BCUT2D eigenvalue weighted by Gasteiger charge is 2.18. The Kier molecular flexibility index (Phi) is 3.52. The monoisotopic (exact) mass is 269 g/mol. The minimum Gasteiger partial charge on any atom is -0.342 e. The molecule has 0 saturated carbocycles. The maximum absolute atomic E-state index is 13.2. The fraction of sp³-hybridized carbons (Fsp3) is 0.200. The predicted octanol–water partition coefficient (Wildman–Crippen LogP) is 1.48. The first kappa shape index (κ1) is 12.4. The van der Waals surface area contributed by atoms with Crippen LogP contribution < -0.4 is 5.32 Å². The van der Waals surface area contributed by atoms with Crippen LogP contribution in [-0.4, -0.2) is 26.5 Å². The van der Waals surface area contributed by atoms with Crippen molar-refractivity contribution in [1.82, 2.24) is 25.9 Å². The van der Waals surface area contributed by atoms with Gasteiger partial charge in [0.2, 0.25) is 0 Å². The Morgan fingerprint density at radius 1 is 1.56 bits per heavy atom. The Labute approximate surface area is 107 Å². The molecule has 1 aromatic carbocycles. The van der Waals surface area contributed by atoms with Gasteiger partial charge in [-0.1, -0.05) is 22.9 Å². The molecule has 1 amide bonds. The van der Waals surface area contributed by atoms with Gasteiger partial charge in [-0.15, -0.1) is 10.2 Å². The molecule has 1 unspecified atom stereocenters. The standard InChI is InChI=1S/C10H9ClFN5O/c1-5(9-14-16-17-15-9)13-10(18)6-3-2-4-7(12)8(6)11/h2-5H,1H3,(H,13,18)(H,14,15,16,17). The molecule has 8 heteroatoms. The summed E-state index contributed by atoms with van der Waals surface area (Å²) in [6.07, 6.45) is 0. The van der Waals surface area contributed by atoms with E-state index in [1.165, 1.54) is 18.2 Å². The van der Waals surface area contributed by atoms with Gasteiger partial charge in [-0.3, -0.25) is 4.79 Å². The fourth-order valence-electron chi connectivity index (χ4n) is 1.37. The smallest absolute Gasteiger partial charge is 0.253 e. The van der Waals surface area contributed by atoms with Gasteiger partial charge in [0.05, 0.1) is 16.6 Å². The van der Waals surface area contributed by atoms with Crippen LogP contribution in [0, 0.1) is 5.82 Å². The quantitative estimate of drug-likeness (QED) is 0.884. The Hall–Kier alpha value is -2.02. The summed E-state index contributed by atoms with van der Waals surface area (Å²) in [6.45, 7) is 1.68. The van der Waals surface area contributed by atoms with Gasteiger partial charge in [-0.05, 0) is 19.1 Å². The first-order valence-electron chi connectivity index (χ1n) is 5.08. The highest BCUT2D eigenvalue weighted by atomic mass is 35.5. The number of aromatic amines is 1. The maximum atomic E-state index is 13.2. The maximum Gasteiger partial charge on any atom is 0.253 e. The average molecular weight is 270 g/mol. The highest BCUT2D eigenvalue weighted by molar-refractivity contribution is 6.34. The Morgan fingerprint density at radius 3 is 3.00 bits per heavy atom. The lowest BCUT2D eigenvalue weighted by molar-refractivity contribution is 0.0938. The van der Waals surface area contributed by atoms with Crippen LogP contribution in [0.15, 0.2) is 18.2 Å². The minimum atomic E-state index is -0.642. The minimum absolute atomic E-state index is 0.0620. The van der Waals surface area contributed by atoms with Crippen LogP contribution >= 0.6 is 11.6 Å². The number of hydrogen-bond donors (Lipinski definition) is 2. The summed E-state index contributed by atoms with van der Waals surface area (Å²) >= 11 is 5.71. The van der Waals surface area contributed by atoms with Crippen LogP contribution in [0.3, 0.4) is 0 Å². The van der Waals surface area contributed by atoms with Crippen molar-refractivity contribution in [2.24, 2.45) is 0 Å². The second-order valence-corrected chi connectivity index (χ2v) is 3.94. The van der Waals surface area contributed by atoms with Crippen LogP contribution in [0.5, 0.6) is 0 Å². The molecule has 0 spiro atoms. The van der Waals surface area contributed by atoms with Crippen molar-refractivity contribution in [2.45, 2.75) is 13.0 Å². The van der Waals surface area contributed by atoms with Gasteiger partial charge in [0.1, 0.15) is 5.82 Å². The molecule has 0 aliphatic rings. The van der Waals surface area contributed by atoms with Crippen LogP contribution in [0.2, 0.25) is 5.02 Å². The molecule has 94 valence electrons. The molecular weight excluding hydrogens is 261 g/mol. The molecule has 2 N–H and O–H groups in total. The number of H-pyrrole nitrogens is 1. The summed E-state index contributed by atoms with van der Waals surface area (Å²) < 4.78 is 13.2. The van der Waals surface area contributed by atoms with Crippen molar-refractivity contribution in [3.63, 3.8) is 0 Å². The Bertz CT molecular complexity index is 559. The third kappa shape index (κ3) is 2.45. The lowest BCUT2D eigenvalue weighted by atomic mass is 10.2. The molecule has 0 radical (unpaired) electrons. The number of carbonyl (C=O) groups is 1. The topological polar surface area (TPSA) is 83.6 Å². The first-order chi connectivity index (χ1) is 8.59. The molecule has 2 aromatic rings. The Morgan fingerprint density at radius 2 is 2.33 bits per heavy atom. The van der Waals surface area contributed by atoms with Gasteiger partial charge in [0.15, 0.2) is 5.82 Å². The van der Waals surface area contributed by atoms with E-state index in [0.717, 1.165) is 0 Å². The highest BCUT2D eigenvalue weighted by Crippen LogP contribution is 2.20. The molecule has 0 fully saturated rings. The zero-order valence-corrected chi connectivity index (χ0v) is 10.1. The van der Waals surface area contributed by atoms with Gasteiger partial charge in [-0.25, -0.2) is 4.39 Å². The van der Waals surface area contributed by atoms with Gasteiger partial charge in [0, 0.05) is 0 Å². The van der Waals surface area contributed by atoms with Gasteiger partial charge >= 0.3 is 0 Å². The van der Waals surface area contributed by atoms with E-state index >= 15 is 0 Å². The number of amides is 1. The lowest BCUT2D eigenvalue weighted by Crippen LogP contribution is -2.27. The zero-order valence-electron chi connectivity index (χ0n) is 9.32. The average Bonchev–Trinajstić information content (AvgIpc) is 2.86. The number of tetrazole rings is 1. The first-order valence-corrected chi connectivity index (χ1v) is 5.45. The van der Waals surface area contributed by atoms with Crippen LogP contribution in [0.4, 0.5) is 4.39 Å². The van der Waals surface area contributed by atoms with Crippen LogP contribution in [0.1, 0.15) is 29.1 Å². The van der Waals surface area contributed by atoms with Gasteiger partial charge in [0.25, 0.3) is 5.91 Å². The number of nitrogens with zero attached hydrogens (tertiary/aromatic N) is 3. The second kappa shape index (κ2) is 5.09. The van der Waals surface area contributed by atoms with E-state index in [0.29, 0.717) is 5.82 Å². The lowest BCUT2D eigenvalue weighted by Gasteiger charge is -2.11. The molecule has 1 atom stereocenters. The number of halogens is 2. The van der Waals surface area contributed by atoms with Gasteiger partial charge < -0.3 is 5.32 Å². The Balaban J connectivity index is 2.15. The van der Waals surface area contributed by atoms with Crippen LogP contribution in [0.25, 0.3) is 0 Å². The summed E-state index contributed by atoms with van der Waals surface area (Å²) in [5.74, 6) is -0.816. The van der Waals surface area contributed by atoms with E-state index in [-0.39, 0.29) is 10.6 Å². The van der Waals surface area contributed by atoms with E-state index in [1.807, 2.05) is 0 Å². The molecule has 6 nitrogen and oxygen atoms in total. The molecule has 2 rings (SSSR count). The summed E-state index contributed by atoms with van der Waals surface area (Å²) in [5, 5.41) is 15.5. The number of hydrogen-bond acceptors (Lipinski definition) is 4. The van der Waals surface area contributed by atoms with Crippen molar-refractivity contribution in [1.29, 1.82) is 0 Å². The number of aromatic nitrogens is 4. The third-order valence-electron chi connectivity index (χ3n) is 2.29. The van der Waals surface area contributed by atoms with E-state index in [9.17, 15) is 9.18 Å².